The van der Waals surface area contributed by atoms with Crippen LogP contribution in [0.15, 0.2) is 23.8 Å². The van der Waals surface area contributed by atoms with E-state index in [0.717, 1.165) is 23.5 Å². The molecule has 0 unspecified atom stereocenters. The molecule has 3 heteroatoms. The van der Waals surface area contributed by atoms with Crippen molar-refractivity contribution in [2.24, 2.45) is 0 Å². The highest BCUT2D eigenvalue weighted by molar-refractivity contribution is 8.14. The van der Waals surface area contributed by atoms with Crippen molar-refractivity contribution in [3.8, 4) is 0 Å². The van der Waals surface area contributed by atoms with Crippen LogP contribution in [0.1, 0.15) is 20.3 Å². The largest absolute Gasteiger partial charge is 0.282 e. The summed E-state index contributed by atoms with van der Waals surface area (Å²) in [6.07, 6.45) is 6.60. The summed E-state index contributed by atoms with van der Waals surface area (Å²) in [5.74, 6) is 1.52. The second-order valence-corrected chi connectivity index (χ2v) is 3.94. The van der Waals surface area contributed by atoms with E-state index in [0.29, 0.717) is 0 Å². The minimum atomic E-state index is 0.147. The molecule has 0 atom stereocenters. The number of rotatable bonds is 5. The molecular formula is C10H16OS2. The summed E-state index contributed by atoms with van der Waals surface area (Å²) < 4.78 is 0. The summed E-state index contributed by atoms with van der Waals surface area (Å²) in [7, 11) is 0. The van der Waals surface area contributed by atoms with Crippen molar-refractivity contribution in [2.45, 2.75) is 20.3 Å². The van der Waals surface area contributed by atoms with E-state index in [-0.39, 0.29) is 5.12 Å². The Balaban J connectivity index is 4.21. The van der Waals surface area contributed by atoms with Gasteiger partial charge >= 0.3 is 0 Å². The van der Waals surface area contributed by atoms with Gasteiger partial charge in [0.05, 0.1) is 0 Å². The first-order valence-electron chi connectivity index (χ1n) is 4.37. The molecule has 0 N–H and O–H groups in total. The zero-order chi connectivity index (χ0) is 10.1. The minimum absolute atomic E-state index is 0.147. The van der Waals surface area contributed by atoms with Crippen molar-refractivity contribution in [1.82, 2.24) is 0 Å². The van der Waals surface area contributed by atoms with Gasteiger partial charge < -0.3 is 0 Å². The first kappa shape index (κ1) is 12.8. The van der Waals surface area contributed by atoms with Crippen molar-refractivity contribution in [3.63, 3.8) is 0 Å². The van der Waals surface area contributed by atoms with Crippen molar-refractivity contribution in [2.75, 3.05) is 11.5 Å². The predicted octanol–water partition coefficient (Wildman–Crippen LogP) is 3.09. The quantitative estimate of drug-likeness (QED) is 0.432. The van der Waals surface area contributed by atoms with Gasteiger partial charge in [-0.15, -0.1) is 0 Å². The maximum atomic E-state index is 11.5. The van der Waals surface area contributed by atoms with Crippen molar-refractivity contribution >= 4 is 29.5 Å². The fourth-order valence-electron chi connectivity index (χ4n) is 0.841. The van der Waals surface area contributed by atoms with Crippen LogP contribution in [0.25, 0.3) is 0 Å². The molecule has 13 heavy (non-hydrogen) atoms. The number of carbonyl (C=O) groups is 1. The molecule has 0 rings (SSSR count). The van der Waals surface area contributed by atoms with Gasteiger partial charge in [0.1, 0.15) is 0 Å². The molecule has 0 aromatic heterocycles. The smallest absolute Gasteiger partial charge is 0.219 e. The van der Waals surface area contributed by atoms with Crippen LogP contribution in [0.4, 0.5) is 0 Å². The number of allylic oxidation sites excluding steroid dienone is 3. The summed E-state index contributed by atoms with van der Waals surface area (Å²) in [5.41, 5.74) is 0.803. The monoisotopic (exact) mass is 216 g/mol. The molecule has 0 spiro atoms. The maximum Gasteiger partial charge on any atom is 0.219 e. The van der Waals surface area contributed by atoms with Crippen LogP contribution < -0.4 is 0 Å². The third kappa shape index (κ3) is 5.99. The molecule has 0 radical (unpaired) electrons. The molecule has 0 heterocycles. The van der Waals surface area contributed by atoms with Crippen LogP contribution in [-0.4, -0.2) is 16.6 Å². The minimum Gasteiger partial charge on any atom is -0.282 e. The first-order valence-corrected chi connectivity index (χ1v) is 5.98. The standard InChI is InChI=1S/C10H16OS2/c1-3-5-9(6-4-2)10(11)13-8-7-12/h3,5-6,12H,4,7-8H2,1-2H3/b5-3-,9-6+. The fourth-order valence-corrected chi connectivity index (χ4v) is 1.71. The van der Waals surface area contributed by atoms with E-state index in [4.69, 9.17) is 0 Å². The normalized spacial score (nSPS) is 12.4. The zero-order valence-corrected chi connectivity index (χ0v) is 9.83. The van der Waals surface area contributed by atoms with E-state index < -0.39 is 0 Å². The topological polar surface area (TPSA) is 17.1 Å². The Morgan fingerprint density at radius 3 is 2.69 bits per heavy atom. The lowest BCUT2D eigenvalue weighted by molar-refractivity contribution is -0.107. The maximum absolute atomic E-state index is 11.5. The molecule has 0 saturated carbocycles. The summed E-state index contributed by atoms with van der Waals surface area (Å²) in [6, 6.07) is 0. The van der Waals surface area contributed by atoms with Gasteiger partial charge in [0.2, 0.25) is 5.12 Å². The second-order valence-electron chi connectivity index (χ2n) is 2.43. The van der Waals surface area contributed by atoms with Gasteiger partial charge in [-0.05, 0) is 19.1 Å². The fraction of sp³-hybridized carbons (Fsp3) is 0.500. The third-order valence-corrected chi connectivity index (χ3v) is 2.76. The number of carbonyl (C=O) groups excluding carboxylic acids is 1. The molecule has 0 amide bonds. The molecule has 74 valence electrons. The third-order valence-electron chi connectivity index (χ3n) is 1.33. The summed E-state index contributed by atoms with van der Waals surface area (Å²) in [6.45, 7) is 3.94. The molecule has 0 aliphatic carbocycles. The highest BCUT2D eigenvalue weighted by Crippen LogP contribution is 2.12. The van der Waals surface area contributed by atoms with E-state index in [1.807, 2.05) is 32.1 Å². The van der Waals surface area contributed by atoms with E-state index in [9.17, 15) is 4.79 Å². The highest BCUT2D eigenvalue weighted by Gasteiger charge is 2.04. The number of hydrogen-bond acceptors (Lipinski definition) is 3. The predicted molar refractivity (Wildman–Crippen MR) is 64.5 cm³/mol. The van der Waals surface area contributed by atoms with Gasteiger partial charge in [-0.2, -0.15) is 12.6 Å². The molecule has 0 saturated heterocycles. The number of thioether (sulfide) groups is 1. The van der Waals surface area contributed by atoms with Crippen molar-refractivity contribution in [1.29, 1.82) is 0 Å². The van der Waals surface area contributed by atoms with Crippen LogP contribution in [0.2, 0.25) is 0 Å². The first-order chi connectivity index (χ1) is 6.26. The van der Waals surface area contributed by atoms with E-state index in [1.165, 1.54) is 11.8 Å². The van der Waals surface area contributed by atoms with Gasteiger partial charge in [-0.3, -0.25) is 4.79 Å². The molecule has 0 fully saturated rings. The Kier molecular flexibility index (Phi) is 8.35. The molecule has 1 nitrogen and oxygen atoms in total. The van der Waals surface area contributed by atoms with Gasteiger partial charge in [-0.25, -0.2) is 0 Å². The molecular weight excluding hydrogens is 200 g/mol. The Morgan fingerprint density at radius 2 is 2.23 bits per heavy atom. The van der Waals surface area contributed by atoms with Gasteiger partial charge in [-0.1, -0.05) is 36.9 Å². The van der Waals surface area contributed by atoms with Crippen LogP contribution in [0.5, 0.6) is 0 Å². The second kappa shape index (κ2) is 8.45. The molecule has 0 aliphatic rings. The lowest BCUT2D eigenvalue weighted by Gasteiger charge is -1.99. The average molecular weight is 216 g/mol. The van der Waals surface area contributed by atoms with Crippen LogP contribution in [-0.2, 0) is 4.79 Å². The average Bonchev–Trinajstić information content (AvgIpc) is 2.14. The molecule has 0 aliphatic heterocycles. The summed E-state index contributed by atoms with van der Waals surface area (Å²) >= 11 is 5.39. The van der Waals surface area contributed by atoms with E-state index in [1.54, 1.807) is 0 Å². The van der Waals surface area contributed by atoms with Gasteiger partial charge in [0.15, 0.2) is 0 Å². The van der Waals surface area contributed by atoms with E-state index >= 15 is 0 Å². The van der Waals surface area contributed by atoms with Crippen molar-refractivity contribution < 1.29 is 4.79 Å². The van der Waals surface area contributed by atoms with Gasteiger partial charge in [0, 0.05) is 11.3 Å². The van der Waals surface area contributed by atoms with Crippen molar-refractivity contribution in [3.05, 3.63) is 23.8 Å². The Morgan fingerprint density at radius 1 is 1.54 bits per heavy atom. The Bertz CT molecular complexity index is 207. The highest BCUT2D eigenvalue weighted by atomic mass is 32.2. The number of thiol groups is 1. The molecule has 0 bridgehead atoms. The molecule has 0 aromatic carbocycles. The molecule has 0 aromatic rings. The number of hydrogen-bond donors (Lipinski definition) is 1. The SMILES string of the molecule is C/C=C\C(=C/CC)C(=O)SCCS. The van der Waals surface area contributed by atoms with Gasteiger partial charge in [0.25, 0.3) is 0 Å². The lowest BCUT2D eigenvalue weighted by atomic mass is 10.2. The Labute approximate surface area is 90.1 Å². The van der Waals surface area contributed by atoms with Crippen LogP contribution >= 0.6 is 24.4 Å². The van der Waals surface area contributed by atoms with E-state index in [2.05, 4.69) is 12.6 Å². The summed E-state index contributed by atoms with van der Waals surface area (Å²) in [4.78, 5) is 11.5. The zero-order valence-electron chi connectivity index (χ0n) is 8.12. The lowest BCUT2D eigenvalue weighted by Crippen LogP contribution is -1.97. The summed E-state index contributed by atoms with van der Waals surface area (Å²) in [5, 5.41) is 0.147. The van der Waals surface area contributed by atoms with Crippen LogP contribution in [0, 0.1) is 0 Å². The Hall–Kier alpha value is -0.150. The van der Waals surface area contributed by atoms with Crippen LogP contribution in [0.3, 0.4) is 0 Å².